The predicted molar refractivity (Wildman–Crippen MR) is 72.4 cm³/mol. The number of non-ortho nitro benzene ring substituents is 1. The van der Waals surface area contributed by atoms with E-state index in [-0.39, 0.29) is 5.69 Å². The maximum Gasteiger partial charge on any atom is 0.271 e. The van der Waals surface area contributed by atoms with Crippen molar-refractivity contribution < 1.29 is 9.72 Å². The molecule has 0 saturated heterocycles. The normalized spacial score (nSPS) is 10.4. The van der Waals surface area contributed by atoms with Gasteiger partial charge in [0.05, 0.1) is 11.1 Å². The first-order valence-corrected chi connectivity index (χ1v) is 5.65. The highest BCUT2D eigenvalue weighted by atomic mass is 16.6. The minimum Gasteiger partial charge on any atom is -0.267 e. The molecule has 2 rings (SSSR count). The number of hydrazone groups is 1. The standard InChI is InChI=1S/C13H10N4O3/c18-13(11-1-3-12(4-2-11)17(19)20)16-15-9-10-5-7-14-8-6-10/h1-9H,(H,16,18). The van der Waals surface area contributed by atoms with Crippen molar-refractivity contribution in [1.29, 1.82) is 0 Å². The van der Waals surface area contributed by atoms with Crippen molar-refractivity contribution in [2.75, 3.05) is 0 Å². The van der Waals surface area contributed by atoms with E-state index in [1.807, 2.05) is 0 Å². The second-order valence-corrected chi connectivity index (χ2v) is 3.78. The Balaban J connectivity index is 1.98. The molecule has 0 bridgehead atoms. The van der Waals surface area contributed by atoms with E-state index in [2.05, 4.69) is 15.5 Å². The molecule has 1 aromatic carbocycles. The van der Waals surface area contributed by atoms with E-state index in [0.29, 0.717) is 5.56 Å². The molecule has 0 unspecified atom stereocenters. The molecule has 0 aliphatic carbocycles. The largest absolute Gasteiger partial charge is 0.271 e. The summed E-state index contributed by atoms with van der Waals surface area (Å²) in [6.45, 7) is 0. The maximum absolute atomic E-state index is 11.7. The number of nitrogens with zero attached hydrogens (tertiary/aromatic N) is 3. The molecule has 0 spiro atoms. The lowest BCUT2D eigenvalue weighted by Crippen LogP contribution is -2.17. The smallest absolute Gasteiger partial charge is 0.267 e. The number of amides is 1. The monoisotopic (exact) mass is 270 g/mol. The van der Waals surface area contributed by atoms with Gasteiger partial charge in [0.2, 0.25) is 0 Å². The van der Waals surface area contributed by atoms with Gasteiger partial charge in [-0.3, -0.25) is 19.9 Å². The number of carbonyl (C=O) groups excluding carboxylic acids is 1. The van der Waals surface area contributed by atoms with Crippen LogP contribution in [0.5, 0.6) is 0 Å². The Morgan fingerprint density at radius 3 is 2.45 bits per heavy atom. The van der Waals surface area contributed by atoms with Crippen LogP contribution < -0.4 is 5.43 Å². The van der Waals surface area contributed by atoms with E-state index < -0.39 is 10.8 Å². The molecule has 0 atom stereocenters. The van der Waals surface area contributed by atoms with E-state index in [4.69, 9.17) is 0 Å². The first kappa shape index (κ1) is 13.3. The highest BCUT2D eigenvalue weighted by molar-refractivity contribution is 5.95. The van der Waals surface area contributed by atoms with E-state index in [1.54, 1.807) is 24.5 Å². The fraction of sp³-hybridized carbons (Fsp3) is 0. The van der Waals surface area contributed by atoms with Gasteiger partial charge in [-0.15, -0.1) is 0 Å². The van der Waals surface area contributed by atoms with Crippen molar-refractivity contribution in [1.82, 2.24) is 10.4 Å². The maximum atomic E-state index is 11.7. The average Bonchev–Trinajstić information content (AvgIpc) is 2.48. The van der Waals surface area contributed by atoms with E-state index in [9.17, 15) is 14.9 Å². The molecule has 100 valence electrons. The van der Waals surface area contributed by atoms with Gasteiger partial charge in [0.1, 0.15) is 0 Å². The predicted octanol–water partition coefficient (Wildman–Crippen LogP) is 1.75. The summed E-state index contributed by atoms with van der Waals surface area (Å²) >= 11 is 0. The lowest BCUT2D eigenvalue weighted by Gasteiger charge is -1.99. The Labute approximate surface area is 114 Å². The van der Waals surface area contributed by atoms with Gasteiger partial charge in [-0.05, 0) is 29.8 Å². The van der Waals surface area contributed by atoms with Crippen molar-refractivity contribution in [2.24, 2.45) is 5.10 Å². The summed E-state index contributed by atoms with van der Waals surface area (Å²) < 4.78 is 0. The van der Waals surface area contributed by atoms with Crippen LogP contribution in [0.1, 0.15) is 15.9 Å². The van der Waals surface area contributed by atoms with Crippen LogP contribution in [-0.2, 0) is 0 Å². The Hall–Kier alpha value is -3.09. The van der Waals surface area contributed by atoms with Crippen LogP contribution in [0.3, 0.4) is 0 Å². The zero-order valence-electron chi connectivity index (χ0n) is 10.3. The molecule has 7 nitrogen and oxygen atoms in total. The third-order valence-corrected chi connectivity index (χ3v) is 2.43. The third kappa shape index (κ3) is 3.45. The Morgan fingerprint density at radius 1 is 1.20 bits per heavy atom. The molecule has 0 fully saturated rings. The van der Waals surface area contributed by atoms with Crippen LogP contribution in [0.25, 0.3) is 0 Å². The number of hydrogen-bond donors (Lipinski definition) is 1. The van der Waals surface area contributed by atoms with Crippen molar-refractivity contribution in [2.45, 2.75) is 0 Å². The van der Waals surface area contributed by atoms with E-state index >= 15 is 0 Å². The molecule has 1 aromatic heterocycles. The van der Waals surface area contributed by atoms with Crippen LogP contribution in [0, 0.1) is 10.1 Å². The second-order valence-electron chi connectivity index (χ2n) is 3.78. The summed E-state index contributed by atoms with van der Waals surface area (Å²) in [5, 5.41) is 14.3. The van der Waals surface area contributed by atoms with E-state index in [0.717, 1.165) is 5.56 Å². The first-order valence-electron chi connectivity index (χ1n) is 5.65. The SMILES string of the molecule is O=C(NN=Cc1ccncc1)c1ccc([N+](=O)[O-])cc1. The highest BCUT2D eigenvalue weighted by Gasteiger charge is 2.08. The van der Waals surface area contributed by atoms with Crippen molar-refractivity contribution in [3.05, 3.63) is 70.0 Å². The zero-order valence-corrected chi connectivity index (χ0v) is 10.3. The van der Waals surface area contributed by atoms with Crippen LogP contribution in [0.4, 0.5) is 5.69 Å². The van der Waals surface area contributed by atoms with Crippen LogP contribution in [0.15, 0.2) is 53.9 Å². The number of benzene rings is 1. The van der Waals surface area contributed by atoms with Crippen LogP contribution in [-0.4, -0.2) is 22.0 Å². The van der Waals surface area contributed by atoms with Gasteiger partial charge >= 0.3 is 0 Å². The number of nitrogens with one attached hydrogen (secondary N) is 1. The molecule has 20 heavy (non-hydrogen) atoms. The molecule has 1 heterocycles. The number of nitro groups is 1. The lowest BCUT2D eigenvalue weighted by atomic mass is 10.2. The third-order valence-electron chi connectivity index (χ3n) is 2.43. The molecule has 1 amide bonds. The van der Waals surface area contributed by atoms with Crippen molar-refractivity contribution in [3.63, 3.8) is 0 Å². The average molecular weight is 270 g/mol. The molecular weight excluding hydrogens is 260 g/mol. The molecule has 1 N–H and O–H groups in total. The minimum atomic E-state index is -0.525. The molecular formula is C13H10N4O3. The number of carbonyl (C=O) groups is 1. The highest BCUT2D eigenvalue weighted by Crippen LogP contribution is 2.11. The summed E-state index contributed by atoms with van der Waals surface area (Å²) in [6, 6.07) is 8.75. The van der Waals surface area contributed by atoms with Gasteiger partial charge in [0.25, 0.3) is 11.6 Å². The number of pyridine rings is 1. The fourth-order valence-corrected chi connectivity index (χ4v) is 1.41. The topological polar surface area (TPSA) is 97.5 Å². The number of rotatable bonds is 4. The number of hydrogen-bond acceptors (Lipinski definition) is 5. The number of aromatic nitrogens is 1. The van der Waals surface area contributed by atoms with Crippen molar-refractivity contribution in [3.8, 4) is 0 Å². The zero-order chi connectivity index (χ0) is 14.4. The summed E-state index contributed by atoms with van der Waals surface area (Å²) in [4.78, 5) is 25.5. The Bertz CT molecular complexity index is 638. The van der Waals surface area contributed by atoms with E-state index in [1.165, 1.54) is 30.5 Å². The van der Waals surface area contributed by atoms with Crippen molar-refractivity contribution >= 4 is 17.8 Å². The summed E-state index contributed by atoms with van der Waals surface area (Å²) in [6.07, 6.45) is 4.70. The summed E-state index contributed by atoms with van der Waals surface area (Å²) in [5.41, 5.74) is 3.36. The molecule has 0 aliphatic heterocycles. The molecule has 0 saturated carbocycles. The molecule has 0 aliphatic rings. The lowest BCUT2D eigenvalue weighted by molar-refractivity contribution is -0.384. The quantitative estimate of drug-likeness (QED) is 0.520. The van der Waals surface area contributed by atoms with Gasteiger partial charge in [-0.25, -0.2) is 5.43 Å². The molecule has 2 aromatic rings. The molecule has 0 radical (unpaired) electrons. The summed E-state index contributed by atoms with van der Waals surface area (Å²) in [5.74, 6) is -0.440. The first-order chi connectivity index (χ1) is 9.66. The van der Waals surface area contributed by atoms with Crippen LogP contribution >= 0.6 is 0 Å². The summed E-state index contributed by atoms with van der Waals surface area (Å²) in [7, 11) is 0. The molecule has 7 heteroatoms. The minimum absolute atomic E-state index is 0.0677. The fourth-order valence-electron chi connectivity index (χ4n) is 1.41. The Morgan fingerprint density at radius 2 is 1.85 bits per heavy atom. The second kappa shape index (κ2) is 6.19. The Kier molecular flexibility index (Phi) is 4.13. The van der Waals surface area contributed by atoms with Gasteiger partial charge in [-0.1, -0.05) is 0 Å². The van der Waals surface area contributed by atoms with Gasteiger partial charge in [0.15, 0.2) is 0 Å². The van der Waals surface area contributed by atoms with Crippen LogP contribution in [0.2, 0.25) is 0 Å². The van der Waals surface area contributed by atoms with Gasteiger partial charge in [-0.2, -0.15) is 5.10 Å². The number of nitro benzene ring substituents is 1. The van der Waals surface area contributed by atoms with Gasteiger partial charge in [0, 0.05) is 30.1 Å². The van der Waals surface area contributed by atoms with Gasteiger partial charge < -0.3 is 0 Å².